The molecule has 1 unspecified atom stereocenters. The first-order chi connectivity index (χ1) is 12.6. The number of hydrogen-bond acceptors (Lipinski definition) is 2. The van der Waals surface area contributed by atoms with E-state index in [1.54, 1.807) is 12.1 Å². The SMILES string of the molecule is CC(C)(C)N(C(=O)O)C1c2ccccc2-c2ccc(C(=O)N=C(N)N)cc21. The molecule has 5 N–H and O–H groups in total. The van der Waals surface area contributed by atoms with E-state index < -0.39 is 23.6 Å². The van der Waals surface area contributed by atoms with Gasteiger partial charge in [0.05, 0.1) is 6.04 Å². The molecule has 0 aromatic heterocycles. The number of nitrogens with two attached hydrogens (primary N) is 2. The van der Waals surface area contributed by atoms with Gasteiger partial charge in [-0.05, 0) is 55.2 Å². The Morgan fingerprint density at radius 1 is 1.04 bits per heavy atom. The molecule has 0 aliphatic heterocycles. The van der Waals surface area contributed by atoms with Gasteiger partial charge in [-0.3, -0.25) is 9.69 Å². The highest BCUT2D eigenvalue weighted by molar-refractivity contribution is 6.02. The first-order valence-corrected chi connectivity index (χ1v) is 8.50. The highest BCUT2D eigenvalue weighted by atomic mass is 16.4. The molecule has 0 saturated heterocycles. The van der Waals surface area contributed by atoms with Crippen LogP contribution in [0.15, 0.2) is 47.5 Å². The minimum atomic E-state index is -1.03. The molecule has 140 valence electrons. The van der Waals surface area contributed by atoms with Gasteiger partial charge < -0.3 is 16.6 Å². The average molecular weight is 366 g/mol. The van der Waals surface area contributed by atoms with Crippen molar-refractivity contribution < 1.29 is 14.7 Å². The molecule has 0 radical (unpaired) electrons. The number of carbonyl (C=O) groups excluding carboxylic acids is 1. The number of aliphatic imine (C=N–C) groups is 1. The fourth-order valence-electron chi connectivity index (χ4n) is 3.56. The predicted octanol–water partition coefficient (Wildman–Crippen LogP) is 2.95. The lowest BCUT2D eigenvalue weighted by atomic mass is 9.96. The number of guanidine groups is 1. The van der Waals surface area contributed by atoms with Crippen LogP contribution in [0, 0.1) is 0 Å². The van der Waals surface area contributed by atoms with Crippen LogP contribution in [0.1, 0.15) is 48.3 Å². The van der Waals surface area contributed by atoms with Crippen molar-refractivity contribution in [1.82, 2.24) is 4.90 Å². The molecule has 2 aromatic rings. The van der Waals surface area contributed by atoms with Crippen molar-refractivity contribution in [3.63, 3.8) is 0 Å². The summed E-state index contributed by atoms with van der Waals surface area (Å²) in [5, 5.41) is 9.92. The van der Waals surface area contributed by atoms with Crippen molar-refractivity contribution in [2.24, 2.45) is 16.5 Å². The van der Waals surface area contributed by atoms with Crippen LogP contribution in [0.2, 0.25) is 0 Å². The molecule has 2 amide bonds. The van der Waals surface area contributed by atoms with Crippen molar-refractivity contribution >= 4 is 18.0 Å². The predicted molar refractivity (Wildman–Crippen MR) is 103 cm³/mol. The number of carbonyl (C=O) groups is 2. The largest absolute Gasteiger partial charge is 0.465 e. The van der Waals surface area contributed by atoms with E-state index in [4.69, 9.17) is 11.5 Å². The molecule has 2 aromatic carbocycles. The Labute approximate surface area is 157 Å². The minimum Gasteiger partial charge on any atom is -0.465 e. The van der Waals surface area contributed by atoms with Gasteiger partial charge in [0.15, 0.2) is 5.96 Å². The van der Waals surface area contributed by atoms with Gasteiger partial charge in [0, 0.05) is 11.1 Å². The summed E-state index contributed by atoms with van der Waals surface area (Å²) in [4.78, 5) is 29.4. The maximum Gasteiger partial charge on any atom is 0.408 e. The second-order valence-electron chi connectivity index (χ2n) is 7.46. The summed E-state index contributed by atoms with van der Waals surface area (Å²) in [6.07, 6.45) is -1.03. The molecular weight excluding hydrogens is 344 g/mol. The van der Waals surface area contributed by atoms with Crippen LogP contribution >= 0.6 is 0 Å². The Bertz CT molecular complexity index is 956. The van der Waals surface area contributed by atoms with Gasteiger partial charge in [-0.25, -0.2) is 4.79 Å². The Hall–Kier alpha value is -3.35. The second-order valence-corrected chi connectivity index (χ2v) is 7.46. The lowest BCUT2D eigenvalue weighted by molar-refractivity contribution is 0.0822. The Kier molecular flexibility index (Phi) is 4.39. The Morgan fingerprint density at radius 2 is 1.67 bits per heavy atom. The number of nitrogens with zero attached hydrogens (tertiary/aromatic N) is 2. The van der Waals surface area contributed by atoms with Gasteiger partial charge in [-0.1, -0.05) is 30.3 Å². The third kappa shape index (κ3) is 3.23. The maximum absolute atomic E-state index is 12.3. The van der Waals surface area contributed by atoms with Crippen LogP contribution in [0.5, 0.6) is 0 Å². The maximum atomic E-state index is 12.3. The van der Waals surface area contributed by atoms with Crippen LogP contribution < -0.4 is 11.5 Å². The number of benzene rings is 2. The molecule has 1 aliphatic carbocycles. The highest BCUT2D eigenvalue weighted by Gasteiger charge is 2.40. The van der Waals surface area contributed by atoms with Crippen LogP contribution in [-0.4, -0.2) is 33.5 Å². The zero-order valence-electron chi connectivity index (χ0n) is 15.4. The lowest BCUT2D eigenvalue weighted by Gasteiger charge is -2.39. The quantitative estimate of drug-likeness (QED) is 0.557. The summed E-state index contributed by atoms with van der Waals surface area (Å²) < 4.78 is 0. The zero-order chi connectivity index (χ0) is 19.9. The molecule has 0 saturated carbocycles. The third-order valence-electron chi connectivity index (χ3n) is 4.56. The molecule has 7 nitrogen and oxygen atoms in total. The van der Waals surface area contributed by atoms with E-state index in [9.17, 15) is 14.7 Å². The van der Waals surface area contributed by atoms with Gasteiger partial charge in [-0.15, -0.1) is 0 Å². The number of carboxylic acid groups (broad SMARTS) is 1. The minimum absolute atomic E-state index is 0.305. The molecule has 7 heteroatoms. The second kappa shape index (κ2) is 6.42. The van der Waals surface area contributed by atoms with Crippen LogP contribution in [0.3, 0.4) is 0 Å². The summed E-state index contributed by atoms with van der Waals surface area (Å²) in [6, 6.07) is 12.3. The summed E-state index contributed by atoms with van der Waals surface area (Å²) in [7, 11) is 0. The van der Waals surface area contributed by atoms with Crippen LogP contribution in [-0.2, 0) is 0 Å². The van der Waals surface area contributed by atoms with Crippen molar-refractivity contribution in [3.05, 3.63) is 59.2 Å². The van der Waals surface area contributed by atoms with E-state index in [1.807, 2.05) is 51.1 Å². The number of rotatable bonds is 2. The molecule has 1 atom stereocenters. The smallest absolute Gasteiger partial charge is 0.408 e. The molecule has 0 bridgehead atoms. The Morgan fingerprint density at radius 3 is 2.26 bits per heavy atom. The van der Waals surface area contributed by atoms with Gasteiger partial charge in [0.2, 0.25) is 0 Å². The lowest BCUT2D eigenvalue weighted by Crippen LogP contribution is -2.47. The summed E-state index contributed by atoms with van der Waals surface area (Å²) in [5.74, 6) is -0.882. The summed E-state index contributed by atoms with van der Waals surface area (Å²) >= 11 is 0. The first kappa shape index (κ1) is 18.4. The van der Waals surface area contributed by atoms with Crippen molar-refractivity contribution in [2.75, 3.05) is 0 Å². The fraction of sp³-hybridized carbons (Fsp3) is 0.250. The molecule has 3 rings (SSSR count). The van der Waals surface area contributed by atoms with Crippen LogP contribution in [0.4, 0.5) is 4.79 Å². The van der Waals surface area contributed by atoms with Gasteiger partial charge >= 0.3 is 6.09 Å². The molecule has 0 heterocycles. The van der Waals surface area contributed by atoms with Gasteiger partial charge in [0.25, 0.3) is 5.91 Å². The average Bonchev–Trinajstić information content (AvgIpc) is 2.87. The van der Waals surface area contributed by atoms with E-state index in [1.165, 1.54) is 4.90 Å². The number of hydrogen-bond donors (Lipinski definition) is 3. The van der Waals surface area contributed by atoms with Crippen LogP contribution in [0.25, 0.3) is 11.1 Å². The molecular formula is C20H22N4O3. The standard InChI is InChI=1S/C20H22N4O3/c1-20(2,3)24(19(26)27)16-14-7-5-4-6-12(14)13-9-8-11(10-15(13)16)17(25)23-18(21)22/h4-10,16H,1-3H3,(H,26,27)(H4,21,22,23,25). The van der Waals surface area contributed by atoms with E-state index >= 15 is 0 Å². The normalized spacial score (nSPS) is 14.9. The molecule has 27 heavy (non-hydrogen) atoms. The topological polar surface area (TPSA) is 122 Å². The first-order valence-electron chi connectivity index (χ1n) is 8.50. The summed E-state index contributed by atoms with van der Waals surface area (Å²) in [6.45, 7) is 5.53. The Balaban J connectivity index is 2.23. The molecule has 0 fully saturated rings. The monoisotopic (exact) mass is 366 g/mol. The van der Waals surface area contributed by atoms with Gasteiger partial charge in [-0.2, -0.15) is 4.99 Å². The number of amides is 2. The van der Waals surface area contributed by atoms with E-state index in [-0.39, 0.29) is 5.96 Å². The van der Waals surface area contributed by atoms with E-state index in [0.717, 1.165) is 22.3 Å². The highest BCUT2D eigenvalue weighted by Crippen LogP contribution is 2.48. The third-order valence-corrected chi connectivity index (χ3v) is 4.56. The number of fused-ring (bicyclic) bond motifs is 3. The fourth-order valence-corrected chi connectivity index (χ4v) is 3.56. The molecule has 0 spiro atoms. The van der Waals surface area contributed by atoms with Crippen molar-refractivity contribution in [2.45, 2.75) is 32.4 Å². The zero-order valence-corrected chi connectivity index (χ0v) is 15.4. The van der Waals surface area contributed by atoms with Gasteiger partial charge in [0.1, 0.15) is 0 Å². The van der Waals surface area contributed by atoms with Crippen molar-refractivity contribution in [3.8, 4) is 11.1 Å². The van der Waals surface area contributed by atoms with E-state index in [0.29, 0.717) is 5.56 Å². The van der Waals surface area contributed by atoms with Crippen molar-refractivity contribution in [1.29, 1.82) is 0 Å². The van der Waals surface area contributed by atoms with E-state index in [2.05, 4.69) is 4.99 Å². The summed E-state index contributed by atoms with van der Waals surface area (Å²) in [5.41, 5.74) is 13.7. The molecule has 1 aliphatic rings.